The third-order valence-corrected chi connectivity index (χ3v) is 3.11. The maximum Gasteiger partial charge on any atom is 0.165 e. The van der Waals surface area contributed by atoms with Crippen LogP contribution in [0.3, 0.4) is 0 Å². The molecule has 114 valence electrons. The van der Waals surface area contributed by atoms with Crippen molar-refractivity contribution in [2.45, 2.75) is 26.3 Å². The predicted molar refractivity (Wildman–Crippen MR) is 80.6 cm³/mol. The van der Waals surface area contributed by atoms with Gasteiger partial charge < -0.3 is 14.8 Å². The molecule has 0 saturated heterocycles. The molecule has 0 aliphatic heterocycles. The lowest BCUT2D eigenvalue weighted by molar-refractivity contribution is 0.308. The molecule has 0 aliphatic carbocycles. The van der Waals surface area contributed by atoms with E-state index in [0.717, 1.165) is 48.8 Å². The Morgan fingerprint density at radius 1 is 1.33 bits per heavy atom. The van der Waals surface area contributed by atoms with Crippen LogP contribution in [-0.2, 0) is 13.0 Å². The highest BCUT2D eigenvalue weighted by Gasteiger charge is 2.09. The van der Waals surface area contributed by atoms with Crippen molar-refractivity contribution in [3.05, 3.63) is 35.9 Å². The lowest BCUT2D eigenvalue weighted by atomic mass is 10.1. The van der Waals surface area contributed by atoms with Crippen LogP contribution < -0.4 is 14.8 Å². The number of benzene rings is 1. The number of aromatic nitrogens is 3. The average molecular weight is 290 g/mol. The Kier molecular flexibility index (Phi) is 6.02. The number of rotatable bonds is 9. The Hall–Kier alpha value is -2.08. The molecule has 2 rings (SSSR count). The lowest BCUT2D eigenvalue weighted by Crippen LogP contribution is -2.16. The van der Waals surface area contributed by atoms with Crippen molar-refractivity contribution < 1.29 is 9.47 Å². The second-order valence-electron chi connectivity index (χ2n) is 4.59. The summed E-state index contributed by atoms with van der Waals surface area (Å²) in [6.45, 7) is 4.25. The number of nitrogens with zero attached hydrogens (tertiary/aromatic N) is 2. The third-order valence-electron chi connectivity index (χ3n) is 3.11. The summed E-state index contributed by atoms with van der Waals surface area (Å²) in [6.07, 6.45) is 3.43. The molecule has 6 nitrogen and oxygen atoms in total. The molecular formula is C15H22N4O2. The van der Waals surface area contributed by atoms with E-state index < -0.39 is 0 Å². The maximum absolute atomic E-state index is 5.57. The first-order valence-electron chi connectivity index (χ1n) is 7.18. The molecule has 0 fully saturated rings. The van der Waals surface area contributed by atoms with Crippen molar-refractivity contribution in [2.24, 2.45) is 0 Å². The number of hydrogen-bond acceptors (Lipinski definition) is 5. The molecule has 0 amide bonds. The minimum atomic E-state index is 0.629. The maximum atomic E-state index is 5.57. The molecule has 0 radical (unpaired) electrons. The number of H-pyrrole nitrogens is 1. The van der Waals surface area contributed by atoms with Gasteiger partial charge in [0.15, 0.2) is 11.5 Å². The number of para-hydroxylation sites is 1. The van der Waals surface area contributed by atoms with Crippen molar-refractivity contribution >= 4 is 0 Å². The van der Waals surface area contributed by atoms with E-state index in [9.17, 15) is 0 Å². The highest BCUT2D eigenvalue weighted by Crippen LogP contribution is 2.30. The Morgan fingerprint density at radius 2 is 2.24 bits per heavy atom. The van der Waals surface area contributed by atoms with Crippen LogP contribution in [0.15, 0.2) is 24.5 Å². The van der Waals surface area contributed by atoms with Crippen LogP contribution in [0.25, 0.3) is 0 Å². The molecule has 0 aliphatic rings. The van der Waals surface area contributed by atoms with Gasteiger partial charge in [0.05, 0.1) is 13.7 Å². The molecule has 21 heavy (non-hydrogen) atoms. The molecule has 6 heteroatoms. The van der Waals surface area contributed by atoms with Crippen LogP contribution in [0.1, 0.15) is 24.7 Å². The standard InChI is InChI=1S/C15H22N4O2/c1-3-21-13-7-4-6-12(15(13)20-2)10-16-9-5-8-14-17-11-18-19-14/h4,6-7,11,16H,3,5,8-10H2,1-2H3,(H,17,18,19). The molecule has 0 unspecified atom stereocenters. The number of ether oxygens (including phenoxy) is 2. The Balaban J connectivity index is 1.80. The van der Waals surface area contributed by atoms with Gasteiger partial charge >= 0.3 is 0 Å². The van der Waals surface area contributed by atoms with Crippen LogP contribution >= 0.6 is 0 Å². The van der Waals surface area contributed by atoms with Gasteiger partial charge in [0.1, 0.15) is 12.2 Å². The molecule has 0 bridgehead atoms. The largest absolute Gasteiger partial charge is 0.493 e. The monoisotopic (exact) mass is 290 g/mol. The zero-order valence-corrected chi connectivity index (χ0v) is 12.6. The summed E-state index contributed by atoms with van der Waals surface area (Å²) < 4.78 is 11.0. The van der Waals surface area contributed by atoms with Crippen molar-refractivity contribution in [3.63, 3.8) is 0 Å². The van der Waals surface area contributed by atoms with Crippen molar-refractivity contribution in [1.29, 1.82) is 0 Å². The predicted octanol–water partition coefficient (Wildman–Crippen LogP) is 1.93. The second-order valence-corrected chi connectivity index (χ2v) is 4.59. The normalized spacial score (nSPS) is 10.6. The minimum absolute atomic E-state index is 0.629. The van der Waals surface area contributed by atoms with Crippen LogP contribution in [0.5, 0.6) is 11.5 Å². The van der Waals surface area contributed by atoms with Gasteiger partial charge in [-0.2, -0.15) is 5.10 Å². The number of nitrogens with one attached hydrogen (secondary N) is 2. The SMILES string of the molecule is CCOc1cccc(CNCCCc2ncn[nH]2)c1OC. The van der Waals surface area contributed by atoms with E-state index in [1.165, 1.54) is 6.33 Å². The van der Waals surface area contributed by atoms with Crippen LogP contribution in [-0.4, -0.2) is 35.4 Å². The Bertz CT molecular complexity index is 528. The summed E-state index contributed by atoms with van der Waals surface area (Å²) in [5.74, 6) is 2.52. The zero-order valence-electron chi connectivity index (χ0n) is 12.6. The fourth-order valence-corrected chi connectivity index (χ4v) is 2.16. The fraction of sp³-hybridized carbons (Fsp3) is 0.467. The smallest absolute Gasteiger partial charge is 0.165 e. The molecule has 1 heterocycles. The summed E-state index contributed by atoms with van der Waals surface area (Å²) in [5, 5.41) is 10.1. The number of aryl methyl sites for hydroxylation is 1. The van der Waals surface area contributed by atoms with Crippen molar-refractivity contribution in [1.82, 2.24) is 20.5 Å². The second kappa shape index (κ2) is 8.26. The Morgan fingerprint density at radius 3 is 2.95 bits per heavy atom. The molecule has 0 spiro atoms. The van der Waals surface area contributed by atoms with Crippen LogP contribution in [0, 0.1) is 0 Å². The number of methoxy groups -OCH3 is 1. The minimum Gasteiger partial charge on any atom is -0.493 e. The third kappa shape index (κ3) is 4.46. The van der Waals surface area contributed by atoms with E-state index >= 15 is 0 Å². The quantitative estimate of drug-likeness (QED) is 0.690. The first kappa shape index (κ1) is 15.3. The van der Waals surface area contributed by atoms with Gasteiger partial charge in [-0.15, -0.1) is 0 Å². The summed E-state index contributed by atoms with van der Waals surface area (Å²) in [4.78, 5) is 4.10. The van der Waals surface area contributed by atoms with E-state index in [1.807, 2.05) is 25.1 Å². The fourth-order valence-electron chi connectivity index (χ4n) is 2.16. The first-order chi connectivity index (χ1) is 10.3. The molecular weight excluding hydrogens is 268 g/mol. The van der Waals surface area contributed by atoms with E-state index in [2.05, 4.69) is 20.5 Å². The van der Waals surface area contributed by atoms with Gasteiger partial charge in [0.2, 0.25) is 0 Å². The average Bonchev–Trinajstić information content (AvgIpc) is 3.01. The van der Waals surface area contributed by atoms with Crippen LogP contribution in [0.2, 0.25) is 0 Å². The Labute approximate surface area is 124 Å². The number of hydrogen-bond donors (Lipinski definition) is 2. The van der Waals surface area contributed by atoms with E-state index in [0.29, 0.717) is 6.61 Å². The van der Waals surface area contributed by atoms with Gasteiger partial charge in [0, 0.05) is 18.5 Å². The summed E-state index contributed by atoms with van der Waals surface area (Å²) in [6, 6.07) is 5.96. The summed E-state index contributed by atoms with van der Waals surface area (Å²) >= 11 is 0. The molecule has 2 N–H and O–H groups in total. The number of aromatic amines is 1. The van der Waals surface area contributed by atoms with Crippen LogP contribution in [0.4, 0.5) is 0 Å². The summed E-state index contributed by atoms with van der Waals surface area (Å²) in [7, 11) is 1.67. The first-order valence-corrected chi connectivity index (χ1v) is 7.18. The molecule has 1 aromatic heterocycles. The van der Waals surface area contributed by atoms with Gasteiger partial charge in [0.25, 0.3) is 0 Å². The van der Waals surface area contributed by atoms with Gasteiger partial charge in [-0.3, -0.25) is 5.10 Å². The lowest BCUT2D eigenvalue weighted by Gasteiger charge is -2.14. The van der Waals surface area contributed by atoms with Gasteiger partial charge in [-0.1, -0.05) is 12.1 Å². The topological polar surface area (TPSA) is 72.1 Å². The molecule has 2 aromatic rings. The van der Waals surface area contributed by atoms with E-state index in [1.54, 1.807) is 7.11 Å². The van der Waals surface area contributed by atoms with E-state index in [4.69, 9.17) is 9.47 Å². The summed E-state index contributed by atoms with van der Waals surface area (Å²) in [5.41, 5.74) is 1.10. The molecule has 1 aromatic carbocycles. The highest BCUT2D eigenvalue weighted by atomic mass is 16.5. The zero-order chi connectivity index (χ0) is 14.9. The van der Waals surface area contributed by atoms with Gasteiger partial charge in [-0.25, -0.2) is 4.98 Å². The van der Waals surface area contributed by atoms with Crippen molar-refractivity contribution in [2.75, 3.05) is 20.3 Å². The molecule has 0 saturated carbocycles. The van der Waals surface area contributed by atoms with Gasteiger partial charge in [-0.05, 0) is 26.0 Å². The van der Waals surface area contributed by atoms with E-state index in [-0.39, 0.29) is 0 Å². The highest BCUT2D eigenvalue weighted by molar-refractivity contribution is 5.46. The molecule has 0 atom stereocenters. The van der Waals surface area contributed by atoms with Crippen molar-refractivity contribution in [3.8, 4) is 11.5 Å².